The number of halogens is 2. The molecule has 1 aliphatic carbocycles. The minimum absolute atomic E-state index is 0.0502. The van der Waals surface area contributed by atoms with E-state index in [0.717, 1.165) is 5.56 Å². The van der Waals surface area contributed by atoms with E-state index in [0.29, 0.717) is 25.7 Å². The number of ether oxygens (including phenoxy) is 1. The number of esters is 1. The van der Waals surface area contributed by atoms with Gasteiger partial charge in [0, 0.05) is 12.8 Å². The summed E-state index contributed by atoms with van der Waals surface area (Å²) in [4.78, 5) is 11.8. The molecule has 1 atom stereocenters. The second kappa shape index (κ2) is 7.68. The van der Waals surface area contributed by atoms with Gasteiger partial charge < -0.3 is 10.5 Å². The van der Waals surface area contributed by atoms with Crippen molar-refractivity contribution in [3.05, 3.63) is 35.9 Å². The average molecular weight is 311 g/mol. The molecule has 1 fully saturated rings. The summed E-state index contributed by atoms with van der Waals surface area (Å²) < 4.78 is 31.3. The van der Waals surface area contributed by atoms with Gasteiger partial charge in [0.25, 0.3) is 0 Å². The lowest BCUT2D eigenvalue weighted by Crippen LogP contribution is -2.33. The van der Waals surface area contributed by atoms with Crippen LogP contribution in [0.3, 0.4) is 0 Å². The first-order chi connectivity index (χ1) is 10.5. The molecule has 0 heterocycles. The molecule has 3 nitrogen and oxygen atoms in total. The molecule has 22 heavy (non-hydrogen) atoms. The number of nitrogens with two attached hydrogens (primary N) is 1. The van der Waals surface area contributed by atoms with Gasteiger partial charge in [-0.05, 0) is 37.2 Å². The highest BCUT2D eigenvalue weighted by molar-refractivity contribution is 5.75. The van der Waals surface area contributed by atoms with Crippen LogP contribution in [-0.2, 0) is 16.1 Å². The third kappa shape index (κ3) is 5.37. The van der Waals surface area contributed by atoms with Crippen LogP contribution in [0.5, 0.6) is 0 Å². The van der Waals surface area contributed by atoms with Gasteiger partial charge in [-0.3, -0.25) is 4.79 Å². The molecule has 1 saturated carbocycles. The topological polar surface area (TPSA) is 52.3 Å². The zero-order valence-corrected chi connectivity index (χ0v) is 12.6. The van der Waals surface area contributed by atoms with E-state index in [1.165, 1.54) is 0 Å². The Hall–Kier alpha value is -1.49. The van der Waals surface area contributed by atoms with E-state index in [1.807, 2.05) is 30.3 Å². The fraction of sp³-hybridized carbons (Fsp3) is 0.588. The summed E-state index contributed by atoms with van der Waals surface area (Å²) in [6, 6.07) is 8.72. The maximum atomic E-state index is 13.1. The summed E-state index contributed by atoms with van der Waals surface area (Å²) in [7, 11) is 0. The van der Waals surface area contributed by atoms with Crippen molar-refractivity contribution in [2.75, 3.05) is 0 Å². The largest absolute Gasteiger partial charge is 0.460 e. The Kier molecular flexibility index (Phi) is 5.89. The summed E-state index contributed by atoms with van der Waals surface area (Å²) in [5, 5.41) is 0. The maximum absolute atomic E-state index is 13.1. The minimum Gasteiger partial charge on any atom is -0.460 e. The average Bonchev–Trinajstić information content (AvgIpc) is 2.52. The predicted octanol–water partition coefficient (Wildman–Crippen LogP) is 3.66. The summed E-state index contributed by atoms with van der Waals surface area (Å²) >= 11 is 0. The smallest absolute Gasteiger partial charge is 0.323 e. The van der Waals surface area contributed by atoms with Gasteiger partial charge in [0.2, 0.25) is 5.92 Å². The molecule has 0 saturated heterocycles. The Morgan fingerprint density at radius 2 is 1.91 bits per heavy atom. The first kappa shape index (κ1) is 16.9. The van der Waals surface area contributed by atoms with Gasteiger partial charge in [0.1, 0.15) is 12.6 Å². The summed E-state index contributed by atoms with van der Waals surface area (Å²) in [6.07, 6.45) is 2.12. The zero-order valence-electron chi connectivity index (χ0n) is 12.6. The normalized spacial score (nSPS) is 19.6. The molecule has 1 aliphatic rings. The van der Waals surface area contributed by atoms with E-state index in [9.17, 15) is 13.6 Å². The van der Waals surface area contributed by atoms with Gasteiger partial charge in [0.15, 0.2) is 0 Å². The third-order valence-electron chi connectivity index (χ3n) is 4.25. The van der Waals surface area contributed by atoms with Gasteiger partial charge in [-0.25, -0.2) is 8.78 Å². The van der Waals surface area contributed by atoms with Crippen LogP contribution in [0.4, 0.5) is 8.78 Å². The molecule has 2 rings (SSSR count). The highest BCUT2D eigenvalue weighted by Crippen LogP contribution is 2.37. The van der Waals surface area contributed by atoms with E-state index in [4.69, 9.17) is 10.5 Å². The molecule has 0 bridgehead atoms. The predicted molar refractivity (Wildman–Crippen MR) is 80.4 cm³/mol. The van der Waals surface area contributed by atoms with Crippen molar-refractivity contribution in [1.82, 2.24) is 0 Å². The first-order valence-corrected chi connectivity index (χ1v) is 7.80. The molecule has 0 spiro atoms. The van der Waals surface area contributed by atoms with Crippen LogP contribution in [0.25, 0.3) is 0 Å². The van der Waals surface area contributed by atoms with E-state index < -0.39 is 17.9 Å². The third-order valence-corrected chi connectivity index (χ3v) is 4.25. The number of alkyl halides is 2. The molecule has 0 radical (unpaired) electrons. The summed E-state index contributed by atoms with van der Waals surface area (Å²) in [6.45, 7) is 0.211. The second-order valence-corrected chi connectivity index (χ2v) is 6.08. The van der Waals surface area contributed by atoms with E-state index in [2.05, 4.69) is 0 Å². The van der Waals surface area contributed by atoms with E-state index in [-0.39, 0.29) is 25.4 Å². The number of hydrogen-bond acceptors (Lipinski definition) is 3. The van der Waals surface area contributed by atoms with Crippen LogP contribution in [0, 0.1) is 5.92 Å². The van der Waals surface area contributed by atoms with E-state index >= 15 is 0 Å². The van der Waals surface area contributed by atoms with Crippen LogP contribution in [0.2, 0.25) is 0 Å². The van der Waals surface area contributed by atoms with Gasteiger partial charge in [-0.15, -0.1) is 0 Å². The van der Waals surface area contributed by atoms with Crippen molar-refractivity contribution < 1.29 is 18.3 Å². The Morgan fingerprint density at radius 3 is 2.55 bits per heavy atom. The second-order valence-electron chi connectivity index (χ2n) is 6.08. The molecular weight excluding hydrogens is 288 g/mol. The molecule has 2 N–H and O–H groups in total. The maximum Gasteiger partial charge on any atom is 0.323 e. The minimum atomic E-state index is -2.51. The highest BCUT2D eigenvalue weighted by atomic mass is 19.3. The Balaban J connectivity index is 1.66. The molecule has 1 aromatic carbocycles. The summed E-state index contributed by atoms with van der Waals surface area (Å²) in [5.74, 6) is -2.69. The lowest BCUT2D eigenvalue weighted by atomic mass is 9.83. The monoisotopic (exact) mass is 311 g/mol. The molecule has 1 unspecified atom stereocenters. The van der Waals surface area contributed by atoms with E-state index in [1.54, 1.807) is 0 Å². The SMILES string of the molecule is NC(CCC1CCC(F)(F)CC1)C(=O)OCc1ccccc1. The fourth-order valence-electron chi connectivity index (χ4n) is 2.76. The lowest BCUT2D eigenvalue weighted by Gasteiger charge is -2.28. The van der Waals surface area contributed by atoms with Crippen molar-refractivity contribution in [3.8, 4) is 0 Å². The van der Waals surface area contributed by atoms with Gasteiger partial charge in [-0.1, -0.05) is 30.3 Å². The Bertz CT molecular complexity index is 469. The molecule has 1 aromatic rings. The fourth-order valence-corrected chi connectivity index (χ4v) is 2.76. The van der Waals surface area contributed by atoms with Crippen molar-refractivity contribution in [1.29, 1.82) is 0 Å². The quantitative estimate of drug-likeness (QED) is 0.816. The standard InChI is InChI=1S/C17H23F2NO2/c18-17(19)10-8-13(9-11-17)6-7-15(20)16(21)22-12-14-4-2-1-3-5-14/h1-5,13,15H,6-12,20H2. The van der Waals surface area contributed by atoms with Crippen molar-refractivity contribution >= 4 is 5.97 Å². The number of benzene rings is 1. The van der Waals surface area contributed by atoms with Crippen molar-refractivity contribution in [2.45, 2.75) is 57.1 Å². The molecular formula is C17H23F2NO2. The zero-order chi connectivity index (χ0) is 16.0. The van der Waals surface area contributed by atoms with Crippen LogP contribution >= 0.6 is 0 Å². The van der Waals surface area contributed by atoms with Gasteiger partial charge in [0.05, 0.1) is 0 Å². The van der Waals surface area contributed by atoms with Gasteiger partial charge in [-0.2, -0.15) is 0 Å². The Labute approximate surface area is 129 Å². The van der Waals surface area contributed by atoms with Gasteiger partial charge >= 0.3 is 5.97 Å². The number of carbonyl (C=O) groups is 1. The number of carbonyl (C=O) groups excluding carboxylic acids is 1. The summed E-state index contributed by atoms with van der Waals surface area (Å²) in [5.41, 5.74) is 6.74. The molecule has 0 amide bonds. The Morgan fingerprint density at radius 1 is 1.27 bits per heavy atom. The lowest BCUT2D eigenvalue weighted by molar-refractivity contribution is -0.146. The number of rotatable bonds is 6. The van der Waals surface area contributed by atoms with Crippen LogP contribution in [0.15, 0.2) is 30.3 Å². The number of hydrogen-bond donors (Lipinski definition) is 1. The van der Waals surface area contributed by atoms with Crippen molar-refractivity contribution in [3.63, 3.8) is 0 Å². The van der Waals surface area contributed by atoms with Crippen LogP contribution < -0.4 is 5.73 Å². The molecule has 5 heteroatoms. The highest BCUT2D eigenvalue weighted by Gasteiger charge is 2.34. The first-order valence-electron chi connectivity index (χ1n) is 7.80. The molecule has 0 aliphatic heterocycles. The molecule has 122 valence electrons. The van der Waals surface area contributed by atoms with Crippen LogP contribution in [-0.4, -0.2) is 17.9 Å². The molecule has 0 aromatic heterocycles. The van der Waals surface area contributed by atoms with Crippen molar-refractivity contribution in [2.24, 2.45) is 11.7 Å². The van der Waals surface area contributed by atoms with Crippen LogP contribution in [0.1, 0.15) is 44.1 Å².